The van der Waals surface area contributed by atoms with E-state index < -0.39 is 11.9 Å². The van der Waals surface area contributed by atoms with Gasteiger partial charge in [-0.1, -0.05) is 323 Å². The molecule has 0 aromatic rings. The van der Waals surface area contributed by atoms with E-state index in [0.717, 1.165) is 116 Å². The standard InChI is InChI=1S/2C36H70O4.Zn/c2*1-3-5-7-8-9-10-11-12-13-14-15-19-22-25-29-33-36(39)40-34(30-26-6-4-2)31-27-23-20-17-16-18-21-24-28-32-35(37)38;/h2*34H,3-33H2,1-2H3,(H,37,38);/q;;+2/p-2. The SMILES string of the molecule is CCCCCCCCCCCCCCCCCC(=O)OC(CCCCC)CCCCCCCCCCCC(=O)[O-].CCCCCCCCCCCCCCCCCC(=O)OC(CCCCC)CCCCCCCCCCCC(=O)[O-].[Zn+2]. The van der Waals surface area contributed by atoms with Crippen LogP contribution in [0.5, 0.6) is 0 Å². The average molecular weight is 1200 g/mol. The number of hydrogen-bond acceptors (Lipinski definition) is 8. The van der Waals surface area contributed by atoms with Crippen molar-refractivity contribution in [1.29, 1.82) is 0 Å². The molecule has 0 aliphatic rings. The van der Waals surface area contributed by atoms with E-state index in [1.54, 1.807) is 0 Å². The number of carboxylic acids is 2. The summed E-state index contributed by atoms with van der Waals surface area (Å²) in [5.74, 6) is -1.81. The van der Waals surface area contributed by atoms with Gasteiger partial charge in [-0.3, -0.25) is 9.59 Å². The molecule has 0 fully saturated rings. The van der Waals surface area contributed by atoms with E-state index in [4.69, 9.17) is 9.47 Å². The zero-order valence-corrected chi connectivity index (χ0v) is 57.9. The third kappa shape index (κ3) is 74.6. The molecular weight excluding hydrogens is 1060 g/mol. The Labute approximate surface area is 517 Å². The maximum atomic E-state index is 12.5. The number of unbranched alkanes of at least 4 members (excludes halogenated alkanes) is 48. The summed E-state index contributed by atoms with van der Waals surface area (Å²) in [5.41, 5.74) is 0. The Kier molecular flexibility index (Phi) is 75.2. The first kappa shape index (κ1) is 83.7. The van der Waals surface area contributed by atoms with Crippen molar-refractivity contribution in [2.75, 3.05) is 0 Å². The predicted octanol–water partition coefficient (Wildman–Crippen LogP) is 21.6. The van der Waals surface area contributed by atoms with Crippen LogP contribution in [0.1, 0.15) is 426 Å². The number of carbonyl (C=O) groups is 4. The molecule has 0 saturated carbocycles. The number of carboxylic acid groups (broad SMARTS) is 2. The second-order valence-electron chi connectivity index (χ2n) is 24.8. The molecule has 0 aliphatic heterocycles. The van der Waals surface area contributed by atoms with Gasteiger partial charge in [0.1, 0.15) is 12.2 Å². The van der Waals surface area contributed by atoms with Crippen molar-refractivity contribution >= 4 is 23.9 Å². The van der Waals surface area contributed by atoms with Gasteiger partial charge < -0.3 is 29.3 Å². The summed E-state index contributed by atoms with van der Waals surface area (Å²) in [6, 6.07) is 0. The molecule has 0 aromatic heterocycles. The van der Waals surface area contributed by atoms with Crippen LogP contribution in [0.25, 0.3) is 0 Å². The van der Waals surface area contributed by atoms with Crippen molar-refractivity contribution in [2.24, 2.45) is 0 Å². The molecule has 0 radical (unpaired) electrons. The van der Waals surface area contributed by atoms with Gasteiger partial charge in [0.05, 0.1) is 0 Å². The Morgan fingerprint density at radius 2 is 0.383 bits per heavy atom. The van der Waals surface area contributed by atoms with Crippen LogP contribution in [0.15, 0.2) is 0 Å². The molecular formula is C72H138O8Zn. The van der Waals surface area contributed by atoms with Crippen molar-refractivity contribution in [1.82, 2.24) is 0 Å². The first-order valence-corrected chi connectivity index (χ1v) is 36.0. The number of carbonyl (C=O) groups excluding carboxylic acids is 4. The summed E-state index contributed by atoms with van der Waals surface area (Å²) < 4.78 is 11.9. The number of hydrogen-bond donors (Lipinski definition) is 0. The normalized spacial score (nSPS) is 11.9. The first-order chi connectivity index (χ1) is 39.2. The van der Waals surface area contributed by atoms with E-state index in [2.05, 4.69) is 27.7 Å². The summed E-state index contributed by atoms with van der Waals surface area (Å²) >= 11 is 0. The van der Waals surface area contributed by atoms with Crippen LogP contribution in [-0.2, 0) is 48.1 Å². The molecule has 9 heteroatoms. The van der Waals surface area contributed by atoms with Gasteiger partial charge in [-0.25, -0.2) is 0 Å². The molecule has 0 aromatic carbocycles. The predicted molar refractivity (Wildman–Crippen MR) is 339 cm³/mol. The van der Waals surface area contributed by atoms with Crippen molar-refractivity contribution in [3.05, 3.63) is 0 Å². The zero-order chi connectivity index (χ0) is 58.7. The second kappa shape index (κ2) is 72.8. The number of rotatable bonds is 66. The van der Waals surface area contributed by atoms with E-state index in [1.807, 2.05) is 0 Å². The minimum atomic E-state index is -0.927. The molecule has 476 valence electrons. The van der Waals surface area contributed by atoms with Gasteiger partial charge in [0, 0.05) is 24.8 Å². The fraction of sp³-hybridized carbons (Fsp3) is 0.944. The van der Waals surface area contributed by atoms with Crippen molar-refractivity contribution in [3.63, 3.8) is 0 Å². The Hall–Kier alpha value is -1.50. The van der Waals surface area contributed by atoms with Gasteiger partial charge in [-0.15, -0.1) is 0 Å². The fourth-order valence-electron chi connectivity index (χ4n) is 11.3. The summed E-state index contributed by atoms with van der Waals surface area (Å²) in [7, 11) is 0. The van der Waals surface area contributed by atoms with Crippen LogP contribution < -0.4 is 10.2 Å². The summed E-state index contributed by atoms with van der Waals surface area (Å²) in [6.45, 7) is 9.01. The smallest absolute Gasteiger partial charge is 0.550 e. The Morgan fingerprint density at radius 3 is 0.580 bits per heavy atom. The fourth-order valence-corrected chi connectivity index (χ4v) is 11.3. The van der Waals surface area contributed by atoms with E-state index in [1.165, 1.54) is 257 Å². The largest absolute Gasteiger partial charge is 2.00 e. The summed E-state index contributed by atoms with van der Waals surface area (Å²) in [6.07, 6.45) is 73.6. The average Bonchev–Trinajstić information content (AvgIpc) is 3.43. The molecule has 0 amide bonds. The van der Waals surface area contributed by atoms with Crippen LogP contribution in [-0.4, -0.2) is 36.1 Å². The Balaban J connectivity index is -0.00000148. The van der Waals surface area contributed by atoms with E-state index in [9.17, 15) is 29.4 Å². The Bertz CT molecular complexity index is 1170. The van der Waals surface area contributed by atoms with Crippen LogP contribution >= 0.6 is 0 Å². The van der Waals surface area contributed by atoms with Gasteiger partial charge in [0.25, 0.3) is 0 Å². The number of esters is 2. The minimum Gasteiger partial charge on any atom is -0.550 e. The third-order valence-electron chi connectivity index (χ3n) is 16.6. The molecule has 2 atom stereocenters. The van der Waals surface area contributed by atoms with Crippen LogP contribution in [0.3, 0.4) is 0 Å². The maximum absolute atomic E-state index is 12.5. The van der Waals surface area contributed by atoms with Gasteiger partial charge >= 0.3 is 31.4 Å². The Morgan fingerprint density at radius 1 is 0.235 bits per heavy atom. The summed E-state index contributed by atoms with van der Waals surface area (Å²) in [5, 5.41) is 20.9. The molecule has 0 saturated heterocycles. The minimum absolute atomic E-state index is 0. The van der Waals surface area contributed by atoms with Gasteiger partial charge in [-0.05, 0) is 89.9 Å². The maximum Gasteiger partial charge on any atom is 2.00 e. The third-order valence-corrected chi connectivity index (χ3v) is 16.6. The molecule has 0 rings (SSSR count). The molecule has 2 unspecified atom stereocenters. The first-order valence-electron chi connectivity index (χ1n) is 36.0. The monoisotopic (exact) mass is 1190 g/mol. The van der Waals surface area contributed by atoms with Crippen LogP contribution in [0, 0.1) is 0 Å². The van der Waals surface area contributed by atoms with Crippen molar-refractivity contribution in [2.45, 2.75) is 438 Å². The quantitative estimate of drug-likeness (QED) is 0.0334. The van der Waals surface area contributed by atoms with E-state index in [-0.39, 0.29) is 56.5 Å². The molecule has 0 N–H and O–H groups in total. The van der Waals surface area contributed by atoms with Crippen LogP contribution in [0.4, 0.5) is 0 Å². The van der Waals surface area contributed by atoms with Gasteiger partial charge in [0.15, 0.2) is 0 Å². The molecule has 0 spiro atoms. The number of ether oxygens (including phenoxy) is 2. The van der Waals surface area contributed by atoms with E-state index in [0.29, 0.717) is 12.8 Å². The molecule has 0 bridgehead atoms. The second-order valence-corrected chi connectivity index (χ2v) is 24.8. The topological polar surface area (TPSA) is 133 Å². The van der Waals surface area contributed by atoms with Crippen LogP contribution in [0.2, 0.25) is 0 Å². The van der Waals surface area contributed by atoms with Crippen molar-refractivity contribution in [3.8, 4) is 0 Å². The van der Waals surface area contributed by atoms with Gasteiger partial charge in [0.2, 0.25) is 0 Å². The molecule has 81 heavy (non-hydrogen) atoms. The molecule has 0 heterocycles. The zero-order valence-electron chi connectivity index (χ0n) is 55.0. The number of aliphatic carboxylic acids is 2. The van der Waals surface area contributed by atoms with E-state index >= 15 is 0 Å². The molecule has 8 nitrogen and oxygen atoms in total. The summed E-state index contributed by atoms with van der Waals surface area (Å²) in [4.78, 5) is 45.8. The molecule has 0 aliphatic carbocycles. The van der Waals surface area contributed by atoms with Gasteiger partial charge in [-0.2, -0.15) is 0 Å². The van der Waals surface area contributed by atoms with Crippen molar-refractivity contribution < 1.29 is 58.3 Å².